The third-order valence-electron chi connectivity index (χ3n) is 1.96. The van der Waals surface area contributed by atoms with Crippen molar-refractivity contribution in [2.75, 3.05) is 0 Å². The zero-order chi connectivity index (χ0) is 10.7. The summed E-state index contributed by atoms with van der Waals surface area (Å²) in [5, 5.41) is 8.56. The summed E-state index contributed by atoms with van der Waals surface area (Å²) < 4.78 is 13.1. The van der Waals surface area contributed by atoms with Crippen molar-refractivity contribution in [1.82, 2.24) is 0 Å². The van der Waals surface area contributed by atoms with Gasteiger partial charge in [0.05, 0.1) is 0 Å². The molecule has 0 aliphatic rings. The summed E-state index contributed by atoms with van der Waals surface area (Å²) in [6.45, 7) is 1.81. The van der Waals surface area contributed by atoms with Gasteiger partial charge in [0.1, 0.15) is 11.9 Å². The van der Waals surface area contributed by atoms with Gasteiger partial charge in [-0.1, -0.05) is 17.7 Å². The van der Waals surface area contributed by atoms with E-state index in [9.17, 15) is 9.18 Å². The highest BCUT2D eigenvalue weighted by molar-refractivity contribution is 5.73. The molecule has 76 valence electrons. The van der Waals surface area contributed by atoms with E-state index in [1.54, 1.807) is 12.1 Å². The second-order valence-corrected chi connectivity index (χ2v) is 3.24. The average Bonchev–Trinajstić information content (AvgIpc) is 2.11. The van der Waals surface area contributed by atoms with Crippen molar-refractivity contribution < 1.29 is 14.3 Å². The first-order valence-electron chi connectivity index (χ1n) is 4.24. The lowest BCUT2D eigenvalue weighted by Crippen LogP contribution is -2.32. The quantitative estimate of drug-likeness (QED) is 0.762. The monoisotopic (exact) mass is 197 g/mol. The number of nitrogens with two attached hydrogens (primary N) is 1. The molecule has 1 rings (SSSR count). The maximum atomic E-state index is 13.1. The van der Waals surface area contributed by atoms with Crippen molar-refractivity contribution in [2.45, 2.75) is 19.4 Å². The Morgan fingerprint density at radius 3 is 2.86 bits per heavy atom. The van der Waals surface area contributed by atoms with Crippen molar-refractivity contribution in [3.63, 3.8) is 0 Å². The first kappa shape index (κ1) is 10.7. The topological polar surface area (TPSA) is 63.3 Å². The van der Waals surface area contributed by atoms with Crippen LogP contribution in [0.4, 0.5) is 4.39 Å². The highest BCUT2D eigenvalue weighted by Gasteiger charge is 2.14. The molecule has 14 heavy (non-hydrogen) atoms. The number of benzene rings is 1. The summed E-state index contributed by atoms with van der Waals surface area (Å²) in [6.07, 6.45) is 0.0167. The Hall–Kier alpha value is -1.42. The molecule has 0 aliphatic carbocycles. The number of rotatable bonds is 3. The summed E-state index contributed by atoms with van der Waals surface area (Å²) in [6, 6.07) is 3.51. The molecule has 0 heterocycles. The maximum Gasteiger partial charge on any atom is 0.320 e. The van der Waals surface area contributed by atoms with Gasteiger partial charge >= 0.3 is 5.97 Å². The summed E-state index contributed by atoms with van der Waals surface area (Å²) >= 11 is 0. The minimum Gasteiger partial charge on any atom is -0.480 e. The van der Waals surface area contributed by atoms with Crippen molar-refractivity contribution in [1.29, 1.82) is 0 Å². The first-order valence-corrected chi connectivity index (χ1v) is 4.24. The molecule has 3 N–H and O–H groups in total. The van der Waals surface area contributed by atoms with Crippen LogP contribution in [0.2, 0.25) is 0 Å². The zero-order valence-electron chi connectivity index (χ0n) is 7.83. The Morgan fingerprint density at radius 2 is 2.29 bits per heavy atom. The molecule has 0 aliphatic heterocycles. The normalized spacial score (nSPS) is 12.5. The van der Waals surface area contributed by atoms with E-state index < -0.39 is 17.8 Å². The number of aryl methyl sites for hydroxylation is 1. The summed E-state index contributed by atoms with van der Waals surface area (Å²) in [5.74, 6) is -1.53. The van der Waals surface area contributed by atoms with Crippen LogP contribution in [0.25, 0.3) is 0 Å². The highest BCUT2D eigenvalue weighted by atomic mass is 19.1. The first-order chi connectivity index (χ1) is 6.50. The standard InChI is InChI=1S/C10H12FNO2/c1-6-2-3-8(11)7(4-6)5-9(12)10(13)14/h2-4,9H,5,12H2,1H3,(H,13,14). The Labute approximate surface area is 81.4 Å². The average molecular weight is 197 g/mol. The van der Waals surface area contributed by atoms with E-state index in [1.807, 2.05) is 6.92 Å². The molecule has 1 aromatic carbocycles. The van der Waals surface area contributed by atoms with Crippen LogP contribution in [-0.2, 0) is 11.2 Å². The predicted molar refractivity (Wildman–Crippen MR) is 50.5 cm³/mol. The van der Waals surface area contributed by atoms with Gasteiger partial charge in [0, 0.05) is 6.42 Å². The SMILES string of the molecule is Cc1ccc(F)c(CC(N)C(=O)O)c1. The van der Waals surface area contributed by atoms with Gasteiger partial charge in [-0.15, -0.1) is 0 Å². The number of halogens is 1. The molecule has 0 saturated carbocycles. The molecule has 1 atom stereocenters. The Balaban J connectivity index is 2.85. The van der Waals surface area contributed by atoms with Crippen LogP contribution in [0.1, 0.15) is 11.1 Å². The van der Waals surface area contributed by atoms with Gasteiger partial charge in [-0.25, -0.2) is 4.39 Å². The van der Waals surface area contributed by atoms with E-state index in [4.69, 9.17) is 10.8 Å². The summed E-state index contributed by atoms with van der Waals surface area (Å²) in [4.78, 5) is 10.5. The van der Waals surface area contributed by atoms with Gasteiger partial charge in [-0.2, -0.15) is 0 Å². The Kier molecular flexibility index (Phi) is 3.19. The van der Waals surface area contributed by atoms with E-state index in [0.717, 1.165) is 5.56 Å². The summed E-state index contributed by atoms with van der Waals surface area (Å²) in [7, 11) is 0. The van der Waals surface area contributed by atoms with Gasteiger partial charge in [-0.05, 0) is 18.6 Å². The van der Waals surface area contributed by atoms with Crippen LogP contribution in [0, 0.1) is 12.7 Å². The van der Waals surface area contributed by atoms with E-state index >= 15 is 0 Å². The lowest BCUT2D eigenvalue weighted by atomic mass is 10.0. The lowest BCUT2D eigenvalue weighted by Gasteiger charge is -2.07. The van der Waals surface area contributed by atoms with Crippen LogP contribution >= 0.6 is 0 Å². The number of aliphatic carboxylic acids is 1. The van der Waals surface area contributed by atoms with Crippen molar-refractivity contribution in [3.05, 3.63) is 35.1 Å². The van der Waals surface area contributed by atoms with E-state index in [2.05, 4.69) is 0 Å². The van der Waals surface area contributed by atoms with E-state index in [1.165, 1.54) is 6.07 Å². The molecule has 3 nitrogen and oxygen atoms in total. The van der Waals surface area contributed by atoms with Gasteiger partial charge in [0.15, 0.2) is 0 Å². The molecule has 1 unspecified atom stereocenters. The van der Waals surface area contributed by atoms with Crippen molar-refractivity contribution in [2.24, 2.45) is 5.73 Å². The third kappa shape index (κ3) is 2.53. The largest absolute Gasteiger partial charge is 0.480 e. The number of carbonyl (C=O) groups is 1. The molecule has 0 amide bonds. The molecule has 0 saturated heterocycles. The van der Waals surface area contributed by atoms with Crippen molar-refractivity contribution in [3.8, 4) is 0 Å². The lowest BCUT2D eigenvalue weighted by molar-refractivity contribution is -0.138. The van der Waals surface area contributed by atoms with Crippen LogP contribution in [-0.4, -0.2) is 17.1 Å². The molecule has 1 aromatic rings. The number of hydrogen-bond donors (Lipinski definition) is 2. The summed E-state index contributed by atoms with van der Waals surface area (Å²) in [5.41, 5.74) is 6.54. The predicted octanol–water partition coefficient (Wildman–Crippen LogP) is 1.09. The fourth-order valence-electron chi connectivity index (χ4n) is 1.18. The molecule has 0 bridgehead atoms. The van der Waals surface area contributed by atoms with E-state index in [0.29, 0.717) is 5.56 Å². The van der Waals surface area contributed by atoms with Gasteiger partial charge < -0.3 is 10.8 Å². The van der Waals surface area contributed by atoms with Crippen LogP contribution < -0.4 is 5.73 Å². The van der Waals surface area contributed by atoms with Gasteiger partial charge in [0.25, 0.3) is 0 Å². The Bertz CT molecular complexity index is 352. The van der Waals surface area contributed by atoms with Gasteiger partial charge in [-0.3, -0.25) is 4.79 Å². The fraction of sp³-hybridized carbons (Fsp3) is 0.300. The molecule has 0 fully saturated rings. The number of carboxylic acids is 1. The smallest absolute Gasteiger partial charge is 0.320 e. The molecule has 0 spiro atoms. The molecular weight excluding hydrogens is 185 g/mol. The molecular formula is C10H12FNO2. The Morgan fingerprint density at radius 1 is 1.64 bits per heavy atom. The highest BCUT2D eigenvalue weighted by Crippen LogP contribution is 2.11. The zero-order valence-corrected chi connectivity index (χ0v) is 7.83. The minimum atomic E-state index is -1.12. The van der Waals surface area contributed by atoms with Gasteiger partial charge in [0.2, 0.25) is 0 Å². The molecule has 0 radical (unpaired) electrons. The second-order valence-electron chi connectivity index (χ2n) is 3.24. The maximum absolute atomic E-state index is 13.1. The minimum absolute atomic E-state index is 0.0167. The van der Waals surface area contributed by atoms with Crippen LogP contribution in [0.15, 0.2) is 18.2 Å². The van der Waals surface area contributed by atoms with Crippen molar-refractivity contribution >= 4 is 5.97 Å². The van der Waals surface area contributed by atoms with Crippen LogP contribution in [0.3, 0.4) is 0 Å². The second kappa shape index (κ2) is 4.19. The molecule has 0 aromatic heterocycles. The fourth-order valence-corrected chi connectivity index (χ4v) is 1.18. The molecule has 4 heteroatoms. The van der Waals surface area contributed by atoms with Crippen LogP contribution in [0.5, 0.6) is 0 Å². The third-order valence-corrected chi connectivity index (χ3v) is 1.96. The number of carboxylic acid groups (broad SMARTS) is 1. The van der Waals surface area contributed by atoms with E-state index in [-0.39, 0.29) is 6.42 Å². The number of hydrogen-bond acceptors (Lipinski definition) is 2.